The highest BCUT2D eigenvalue weighted by molar-refractivity contribution is 6.31. The van der Waals surface area contributed by atoms with Crippen LogP contribution in [-0.4, -0.2) is 11.7 Å². The Labute approximate surface area is 139 Å². The van der Waals surface area contributed by atoms with E-state index in [1.807, 2.05) is 43.0 Å². The number of hydrogen-bond donors (Lipinski definition) is 0. The minimum Gasteiger partial charge on any atom is -0.321 e. The van der Waals surface area contributed by atoms with Crippen molar-refractivity contribution in [2.24, 2.45) is 10.9 Å². The third kappa shape index (κ3) is 2.99. The van der Waals surface area contributed by atoms with Crippen LogP contribution in [0.3, 0.4) is 0 Å². The number of rotatable bonds is 2. The average Bonchev–Trinajstić information content (AvgIpc) is 2.89. The van der Waals surface area contributed by atoms with E-state index in [2.05, 4.69) is 4.99 Å². The smallest absolute Gasteiger partial charge is 0.250 e. The Balaban J connectivity index is 2.09. The number of anilines is 1. The Bertz CT molecular complexity index is 801. The van der Waals surface area contributed by atoms with Crippen LogP contribution in [0.25, 0.3) is 0 Å². The van der Waals surface area contributed by atoms with Gasteiger partial charge in [-0.3, -0.25) is 4.79 Å². The van der Waals surface area contributed by atoms with Crippen molar-refractivity contribution in [3.05, 3.63) is 64.4 Å². The normalized spacial score (nSPS) is 15.3. The van der Waals surface area contributed by atoms with E-state index in [9.17, 15) is 9.18 Å². The molecule has 1 aliphatic heterocycles. The lowest BCUT2D eigenvalue weighted by molar-refractivity contribution is -0.120. The summed E-state index contributed by atoms with van der Waals surface area (Å²) in [5.74, 6) is -0.255. The second kappa shape index (κ2) is 6.13. The second-order valence-corrected chi connectivity index (χ2v) is 6.18. The van der Waals surface area contributed by atoms with Crippen molar-refractivity contribution in [3.63, 3.8) is 0 Å². The summed E-state index contributed by atoms with van der Waals surface area (Å²) >= 11 is 5.90. The van der Waals surface area contributed by atoms with Crippen LogP contribution in [0.4, 0.5) is 10.1 Å². The van der Waals surface area contributed by atoms with Gasteiger partial charge in [-0.25, -0.2) is 4.39 Å². The van der Waals surface area contributed by atoms with E-state index in [4.69, 9.17) is 11.6 Å². The van der Waals surface area contributed by atoms with E-state index in [0.29, 0.717) is 18.1 Å². The number of aliphatic imine (C=N–C) groups is 1. The molecule has 0 fully saturated rings. The molecule has 2 aromatic rings. The van der Waals surface area contributed by atoms with Crippen molar-refractivity contribution in [3.8, 4) is 0 Å². The number of amides is 1. The molecule has 0 radical (unpaired) electrons. The number of carbonyl (C=O) groups is 1. The first-order valence-electron chi connectivity index (χ1n) is 7.41. The van der Waals surface area contributed by atoms with Gasteiger partial charge in [0.1, 0.15) is 11.7 Å². The zero-order chi connectivity index (χ0) is 16.6. The molecule has 0 spiro atoms. The molecule has 118 valence electrons. The molecule has 5 heteroatoms. The monoisotopic (exact) mass is 330 g/mol. The quantitative estimate of drug-likeness (QED) is 0.816. The summed E-state index contributed by atoms with van der Waals surface area (Å²) < 4.78 is 13.4. The van der Waals surface area contributed by atoms with E-state index in [1.54, 1.807) is 12.1 Å². The fraction of sp³-hybridized carbons (Fsp3) is 0.222. The minimum absolute atomic E-state index is 0.0491. The summed E-state index contributed by atoms with van der Waals surface area (Å²) in [7, 11) is 0. The third-order valence-corrected chi connectivity index (χ3v) is 4.06. The van der Waals surface area contributed by atoms with E-state index < -0.39 is 5.82 Å². The topological polar surface area (TPSA) is 32.7 Å². The summed E-state index contributed by atoms with van der Waals surface area (Å²) in [6, 6.07) is 12.3. The average molecular weight is 331 g/mol. The number of hydrogen-bond acceptors (Lipinski definition) is 1. The van der Waals surface area contributed by atoms with Crippen molar-refractivity contribution in [1.29, 1.82) is 0 Å². The van der Waals surface area contributed by atoms with Crippen molar-refractivity contribution in [1.82, 2.24) is 0 Å². The van der Waals surface area contributed by atoms with Crippen LogP contribution in [-0.2, 0) is 11.3 Å². The van der Waals surface area contributed by atoms with Gasteiger partial charge < -0.3 is 4.90 Å². The molecule has 23 heavy (non-hydrogen) atoms. The number of carbonyl (C=O) groups excluding carboxylic acids is 1. The first kappa shape index (κ1) is 15.7. The molecule has 0 aromatic heterocycles. The Morgan fingerprint density at radius 3 is 2.70 bits per heavy atom. The Kier molecular flexibility index (Phi) is 4.18. The Hall–Kier alpha value is -2.20. The van der Waals surface area contributed by atoms with Crippen LogP contribution in [0.15, 0.2) is 47.5 Å². The summed E-state index contributed by atoms with van der Waals surface area (Å²) in [4.78, 5) is 18.3. The van der Waals surface area contributed by atoms with Gasteiger partial charge in [0.25, 0.3) is 0 Å². The molecule has 1 amide bonds. The van der Waals surface area contributed by atoms with Crippen molar-refractivity contribution < 1.29 is 9.18 Å². The predicted molar refractivity (Wildman–Crippen MR) is 90.4 cm³/mol. The molecule has 0 bridgehead atoms. The lowest BCUT2D eigenvalue weighted by Gasteiger charge is -2.19. The van der Waals surface area contributed by atoms with Crippen LogP contribution in [0, 0.1) is 11.7 Å². The summed E-state index contributed by atoms with van der Waals surface area (Å²) in [5.41, 5.74) is 2.70. The van der Waals surface area contributed by atoms with Gasteiger partial charge in [0.05, 0.1) is 11.6 Å². The van der Waals surface area contributed by atoms with E-state index >= 15 is 0 Å². The molecule has 1 heterocycles. The number of halogens is 2. The van der Waals surface area contributed by atoms with E-state index in [0.717, 1.165) is 11.1 Å². The molecule has 2 aromatic carbocycles. The highest BCUT2D eigenvalue weighted by Crippen LogP contribution is 2.31. The molecule has 3 nitrogen and oxygen atoms in total. The molecule has 0 aliphatic carbocycles. The lowest BCUT2D eigenvalue weighted by Crippen LogP contribution is -2.26. The first-order valence-corrected chi connectivity index (χ1v) is 7.78. The molecule has 0 saturated heterocycles. The van der Waals surface area contributed by atoms with Gasteiger partial charge in [-0.15, -0.1) is 0 Å². The molecule has 1 aliphatic rings. The van der Waals surface area contributed by atoms with Crippen LogP contribution in [0.2, 0.25) is 5.02 Å². The van der Waals surface area contributed by atoms with Gasteiger partial charge in [0.2, 0.25) is 5.91 Å². The maximum absolute atomic E-state index is 13.4. The number of benzene rings is 2. The van der Waals surface area contributed by atoms with E-state index in [1.165, 1.54) is 6.07 Å². The van der Waals surface area contributed by atoms with Gasteiger partial charge in [0.15, 0.2) is 0 Å². The molecule has 0 unspecified atom stereocenters. The number of nitrogens with zero attached hydrogens (tertiary/aromatic N) is 2. The predicted octanol–water partition coefficient (Wildman–Crippen LogP) is 4.43. The van der Waals surface area contributed by atoms with Crippen LogP contribution in [0.5, 0.6) is 0 Å². The van der Waals surface area contributed by atoms with Gasteiger partial charge in [-0.1, -0.05) is 49.7 Å². The minimum atomic E-state index is -0.469. The number of amidine groups is 1. The SMILES string of the molecule is CC(C)C(=O)N=C1c2ccccc2CN1c1ccc(F)c(Cl)c1. The van der Waals surface area contributed by atoms with Gasteiger partial charge in [-0.05, 0) is 23.8 Å². The molecular weight excluding hydrogens is 315 g/mol. The second-order valence-electron chi connectivity index (χ2n) is 5.77. The summed E-state index contributed by atoms with van der Waals surface area (Å²) in [6.07, 6.45) is 0. The first-order chi connectivity index (χ1) is 11.0. The lowest BCUT2D eigenvalue weighted by atomic mass is 10.1. The van der Waals surface area contributed by atoms with Crippen LogP contribution < -0.4 is 4.90 Å². The fourth-order valence-electron chi connectivity index (χ4n) is 2.49. The molecule has 0 N–H and O–H groups in total. The zero-order valence-corrected chi connectivity index (χ0v) is 13.6. The maximum atomic E-state index is 13.4. The summed E-state index contributed by atoms with van der Waals surface area (Å²) in [6.45, 7) is 4.20. The third-order valence-electron chi connectivity index (χ3n) is 3.77. The molecule has 3 rings (SSSR count). The Morgan fingerprint density at radius 2 is 2.00 bits per heavy atom. The van der Waals surface area contributed by atoms with Crippen molar-refractivity contribution in [2.75, 3.05) is 4.90 Å². The highest BCUT2D eigenvalue weighted by Gasteiger charge is 2.28. The molecule has 0 saturated carbocycles. The van der Waals surface area contributed by atoms with Gasteiger partial charge in [-0.2, -0.15) is 4.99 Å². The maximum Gasteiger partial charge on any atom is 0.250 e. The fourth-order valence-corrected chi connectivity index (χ4v) is 2.66. The standard InChI is InChI=1S/C18H16ClFN2O/c1-11(2)18(23)21-17-14-6-4-3-5-12(14)10-22(17)13-7-8-16(20)15(19)9-13/h3-9,11H,10H2,1-2H3. The van der Waals surface area contributed by atoms with E-state index in [-0.39, 0.29) is 16.8 Å². The van der Waals surface area contributed by atoms with Crippen molar-refractivity contribution >= 4 is 29.0 Å². The highest BCUT2D eigenvalue weighted by atomic mass is 35.5. The Morgan fingerprint density at radius 1 is 1.26 bits per heavy atom. The van der Waals surface area contributed by atoms with Crippen LogP contribution in [0.1, 0.15) is 25.0 Å². The number of fused-ring (bicyclic) bond motifs is 1. The molecular formula is C18H16ClFN2O. The zero-order valence-electron chi connectivity index (χ0n) is 12.9. The molecule has 0 atom stereocenters. The van der Waals surface area contributed by atoms with Gasteiger partial charge in [0, 0.05) is 17.2 Å². The summed E-state index contributed by atoms with van der Waals surface area (Å²) in [5, 5.41) is 0.0491. The van der Waals surface area contributed by atoms with Crippen LogP contribution >= 0.6 is 11.6 Å². The van der Waals surface area contributed by atoms with Gasteiger partial charge >= 0.3 is 0 Å². The largest absolute Gasteiger partial charge is 0.321 e. The van der Waals surface area contributed by atoms with Crippen molar-refractivity contribution in [2.45, 2.75) is 20.4 Å².